The predicted molar refractivity (Wildman–Crippen MR) is 41.2 cm³/mol. The van der Waals surface area contributed by atoms with Gasteiger partial charge >= 0.3 is 5.97 Å². The van der Waals surface area contributed by atoms with Crippen LogP contribution in [0.4, 0.5) is 0 Å². The number of carbonyl (C=O) groups excluding carboxylic acids is 1. The molecule has 4 heteroatoms. The Kier molecular flexibility index (Phi) is 6.74. The summed E-state index contributed by atoms with van der Waals surface area (Å²) >= 11 is 1.68. The lowest BCUT2D eigenvalue weighted by Gasteiger charge is -1.99. The van der Waals surface area contributed by atoms with Crippen molar-refractivity contribution < 1.29 is 14.3 Å². The molecule has 60 valence electrons. The maximum atomic E-state index is 10.4. The fourth-order valence-corrected chi connectivity index (χ4v) is 0.641. The average molecular weight is 164 g/mol. The third kappa shape index (κ3) is 5.91. The summed E-state index contributed by atoms with van der Waals surface area (Å²) in [5.74, 6) is 0.595. The highest BCUT2D eigenvalue weighted by Crippen LogP contribution is 1.90. The molecule has 0 bridgehead atoms. The van der Waals surface area contributed by atoms with E-state index in [0.29, 0.717) is 6.61 Å². The molecule has 0 atom stereocenters. The van der Waals surface area contributed by atoms with Gasteiger partial charge in [0.15, 0.2) is 0 Å². The van der Waals surface area contributed by atoms with Gasteiger partial charge < -0.3 is 9.47 Å². The van der Waals surface area contributed by atoms with Crippen molar-refractivity contribution in [3.05, 3.63) is 0 Å². The molecule has 0 unspecified atom stereocenters. The molecular weight excluding hydrogens is 152 g/mol. The van der Waals surface area contributed by atoms with Crippen molar-refractivity contribution >= 4 is 17.7 Å². The quantitative estimate of drug-likeness (QED) is 0.439. The SMILES string of the molecule is COC(=O)COCCSC. The minimum Gasteiger partial charge on any atom is -0.467 e. The second-order valence-electron chi connectivity index (χ2n) is 1.62. The summed E-state index contributed by atoms with van der Waals surface area (Å²) in [7, 11) is 1.35. The first-order valence-electron chi connectivity index (χ1n) is 2.94. The molecule has 0 heterocycles. The Morgan fingerprint density at radius 3 is 2.80 bits per heavy atom. The van der Waals surface area contributed by atoms with Crippen molar-refractivity contribution in [3.8, 4) is 0 Å². The van der Waals surface area contributed by atoms with Gasteiger partial charge in [-0.05, 0) is 6.26 Å². The number of hydrogen-bond donors (Lipinski definition) is 0. The Morgan fingerprint density at radius 1 is 1.60 bits per heavy atom. The summed E-state index contributed by atoms with van der Waals surface area (Å²) in [6.45, 7) is 0.674. The molecule has 0 saturated heterocycles. The summed E-state index contributed by atoms with van der Waals surface area (Å²) in [5.41, 5.74) is 0. The smallest absolute Gasteiger partial charge is 0.331 e. The van der Waals surface area contributed by atoms with E-state index in [0.717, 1.165) is 5.75 Å². The van der Waals surface area contributed by atoms with Gasteiger partial charge in [0, 0.05) is 5.75 Å². The first-order chi connectivity index (χ1) is 4.81. The Morgan fingerprint density at radius 2 is 2.30 bits per heavy atom. The van der Waals surface area contributed by atoms with Crippen LogP contribution in [0.25, 0.3) is 0 Å². The summed E-state index contributed by atoms with van der Waals surface area (Å²) in [6, 6.07) is 0. The summed E-state index contributed by atoms with van der Waals surface area (Å²) in [5, 5.41) is 0. The van der Waals surface area contributed by atoms with E-state index in [2.05, 4.69) is 4.74 Å². The minimum atomic E-state index is -0.318. The first kappa shape index (κ1) is 9.78. The molecule has 0 rings (SSSR count). The number of carbonyl (C=O) groups is 1. The zero-order valence-electron chi connectivity index (χ0n) is 6.25. The molecule has 10 heavy (non-hydrogen) atoms. The van der Waals surface area contributed by atoms with Crippen molar-refractivity contribution in [2.75, 3.05) is 32.3 Å². The molecule has 0 aliphatic carbocycles. The van der Waals surface area contributed by atoms with Gasteiger partial charge in [-0.2, -0.15) is 11.8 Å². The molecule has 0 aromatic heterocycles. The Balaban J connectivity index is 2.96. The zero-order chi connectivity index (χ0) is 7.82. The summed E-state index contributed by atoms with van der Waals surface area (Å²) in [4.78, 5) is 10.4. The van der Waals surface area contributed by atoms with E-state index in [9.17, 15) is 4.79 Å². The van der Waals surface area contributed by atoms with Crippen LogP contribution in [0.2, 0.25) is 0 Å². The molecule has 3 nitrogen and oxygen atoms in total. The lowest BCUT2D eigenvalue weighted by Crippen LogP contribution is -2.11. The number of hydrogen-bond acceptors (Lipinski definition) is 4. The summed E-state index contributed by atoms with van der Waals surface area (Å²) in [6.07, 6.45) is 1.99. The number of ether oxygens (including phenoxy) is 2. The van der Waals surface area contributed by atoms with Gasteiger partial charge in [-0.15, -0.1) is 0 Å². The van der Waals surface area contributed by atoms with Crippen LogP contribution in [-0.4, -0.2) is 38.3 Å². The van der Waals surface area contributed by atoms with Crippen LogP contribution in [0.3, 0.4) is 0 Å². The lowest BCUT2D eigenvalue weighted by atomic mass is 10.7. The first-order valence-corrected chi connectivity index (χ1v) is 4.34. The van der Waals surface area contributed by atoms with Crippen LogP contribution in [0.5, 0.6) is 0 Å². The maximum absolute atomic E-state index is 10.4. The van der Waals surface area contributed by atoms with E-state index in [1.165, 1.54) is 7.11 Å². The monoisotopic (exact) mass is 164 g/mol. The predicted octanol–water partition coefficient (Wildman–Crippen LogP) is 0.539. The van der Waals surface area contributed by atoms with E-state index in [1.54, 1.807) is 11.8 Å². The van der Waals surface area contributed by atoms with E-state index in [-0.39, 0.29) is 12.6 Å². The maximum Gasteiger partial charge on any atom is 0.331 e. The fourth-order valence-electron chi connectivity index (χ4n) is 0.357. The minimum absolute atomic E-state index is 0.0665. The van der Waals surface area contributed by atoms with Crippen molar-refractivity contribution in [2.45, 2.75) is 0 Å². The van der Waals surface area contributed by atoms with Gasteiger partial charge in [-0.1, -0.05) is 0 Å². The van der Waals surface area contributed by atoms with Crippen molar-refractivity contribution in [2.24, 2.45) is 0 Å². The lowest BCUT2D eigenvalue weighted by molar-refractivity contribution is -0.145. The van der Waals surface area contributed by atoms with Crippen molar-refractivity contribution in [3.63, 3.8) is 0 Å². The van der Waals surface area contributed by atoms with Crippen LogP contribution >= 0.6 is 11.8 Å². The van der Waals surface area contributed by atoms with Gasteiger partial charge in [-0.3, -0.25) is 0 Å². The standard InChI is InChI=1S/C6H12O3S/c1-8-6(7)5-9-3-4-10-2/h3-5H2,1-2H3. The van der Waals surface area contributed by atoms with E-state index in [4.69, 9.17) is 4.74 Å². The number of rotatable bonds is 5. The Labute approximate surface area is 65.1 Å². The normalized spacial score (nSPS) is 9.40. The van der Waals surface area contributed by atoms with E-state index >= 15 is 0 Å². The largest absolute Gasteiger partial charge is 0.467 e. The Hall–Kier alpha value is -0.220. The molecule has 0 saturated carbocycles. The molecular formula is C6H12O3S. The van der Waals surface area contributed by atoms with Gasteiger partial charge in [-0.25, -0.2) is 4.79 Å². The highest BCUT2D eigenvalue weighted by molar-refractivity contribution is 7.98. The average Bonchev–Trinajstić information content (AvgIpc) is 1.98. The molecule has 0 fully saturated rings. The van der Waals surface area contributed by atoms with Crippen molar-refractivity contribution in [1.29, 1.82) is 0 Å². The van der Waals surface area contributed by atoms with Gasteiger partial charge in [0.2, 0.25) is 0 Å². The molecule has 0 amide bonds. The number of esters is 1. The van der Waals surface area contributed by atoms with Crippen LogP contribution in [0, 0.1) is 0 Å². The van der Waals surface area contributed by atoms with Gasteiger partial charge in [0.25, 0.3) is 0 Å². The summed E-state index contributed by atoms with van der Waals surface area (Å²) < 4.78 is 9.29. The van der Waals surface area contributed by atoms with Crippen LogP contribution in [-0.2, 0) is 14.3 Å². The number of methoxy groups -OCH3 is 1. The van der Waals surface area contributed by atoms with Crippen LogP contribution in [0.1, 0.15) is 0 Å². The van der Waals surface area contributed by atoms with Crippen LogP contribution in [0.15, 0.2) is 0 Å². The topological polar surface area (TPSA) is 35.5 Å². The molecule has 0 aromatic rings. The van der Waals surface area contributed by atoms with Gasteiger partial charge in [0.1, 0.15) is 6.61 Å². The highest BCUT2D eigenvalue weighted by Gasteiger charge is 1.97. The third-order valence-corrected chi connectivity index (χ3v) is 1.45. The second kappa shape index (κ2) is 6.89. The zero-order valence-corrected chi connectivity index (χ0v) is 7.07. The number of thioether (sulfide) groups is 1. The third-order valence-electron chi connectivity index (χ3n) is 0.879. The molecule has 0 aliphatic rings. The molecule has 0 N–H and O–H groups in total. The molecule has 0 aliphatic heterocycles. The molecule has 0 aromatic carbocycles. The Bertz CT molecular complexity index is 95.0. The highest BCUT2D eigenvalue weighted by atomic mass is 32.2. The molecule has 0 radical (unpaired) electrons. The van der Waals surface area contributed by atoms with Gasteiger partial charge in [0.05, 0.1) is 13.7 Å². The fraction of sp³-hybridized carbons (Fsp3) is 0.833. The van der Waals surface area contributed by atoms with Crippen molar-refractivity contribution in [1.82, 2.24) is 0 Å². The second-order valence-corrected chi connectivity index (χ2v) is 2.61. The van der Waals surface area contributed by atoms with E-state index in [1.807, 2.05) is 6.26 Å². The van der Waals surface area contributed by atoms with E-state index < -0.39 is 0 Å². The van der Waals surface area contributed by atoms with Crippen LogP contribution < -0.4 is 0 Å². The molecule has 0 spiro atoms.